The summed E-state index contributed by atoms with van der Waals surface area (Å²) in [5, 5.41) is 9.99. The zero-order valence-electron chi connectivity index (χ0n) is 12.3. The van der Waals surface area contributed by atoms with Gasteiger partial charge < -0.3 is 14.0 Å². The fourth-order valence-electron chi connectivity index (χ4n) is 2.45. The maximum atomic E-state index is 5.78. The Morgan fingerprint density at radius 2 is 2.17 bits per heavy atom. The zero-order valence-corrected chi connectivity index (χ0v) is 13.2. The van der Waals surface area contributed by atoms with Gasteiger partial charge in [-0.1, -0.05) is 30.0 Å². The monoisotopic (exact) mass is 325 g/mol. The zero-order chi connectivity index (χ0) is 15.5. The second-order valence-electron chi connectivity index (χ2n) is 5.12. The molecular formula is C16H15N5OS. The van der Waals surface area contributed by atoms with Crippen molar-refractivity contribution in [1.82, 2.24) is 24.7 Å². The molecule has 0 saturated heterocycles. The number of fused-ring (bicyclic) bond motifs is 1. The van der Waals surface area contributed by atoms with Gasteiger partial charge in [0.2, 0.25) is 0 Å². The molecule has 23 heavy (non-hydrogen) atoms. The van der Waals surface area contributed by atoms with Crippen LogP contribution in [0.5, 0.6) is 0 Å². The number of nitrogens with zero attached hydrogens (tertiary/aromatic N) is 4. The molecule has 3 aromatic heterocycles. The third-order valence-corrected chi connectivity index (χ3v) is 4.48. The van der Waals surface area contributed by atoms with Gasteiger partial charge in [0.15, 0.2) is 0 Å². The Morgan fingerprint density at radius 1 is 1.22 bits per heavy atom. The summed E-state index contributed by atoms with van der Waals surface area (Å²) in [6.07, 6.45) is 8.51. The van der Waals surface area contributed by atoms with E-state index in [9.17, 15) is 0 Å². The highest BCUT2D eigenvalue weighted by Crippen LogP contribution is 2.29. The molecule has 4 rings (SSSR count). The van der Waals surface area contributed by atoms with E-state index in [4.69, 9.17) is 4.42 Å². The van der Waals surface area contributed by atoms with E-state index in [0.717, 1.165) is 35.2 Å². The summed E-state index contributed by atoms with van der Waals surface area (Å²) in [4.78, 5) is 7.25. The number of nitrogens with one attached hydrogen (secondary N) is 1. The molecular weight excluding hydrogens is 310 g/mol. The van der Waals surface area contributed by atoms with Crippen LogP contribution in [-0.2, 0) is 6.54 Å². The summed E-state index contributed by atoms with van der Waals surface area (Å²) in [6, 6.07) is 8.07. The van der Waals surface area contributed by atoms with Crippen molar-refractivity contribution in [3.63, 3.8) is 0 Å². The van der Waals surface area contributed by atoms with Crippen LogP contribution < -0.4 is 0 Å². The standard InChI is InChI=1S/C16H15N5OS/c1-2-5-14-12(4-1)13(10-18-14)15-19-20-16(22-15)23-9-3-7-21-8-6-17-11-21/h1-2,4-6,8,10-11,18H,3,7,9H2. The molecule has 0 aliphatic carbocycles. The number of para-hydroxylation sites is 1. The molecule has 6 nitrogen and oxygen atoms in total. The topological polar surface area (TPSA) is 72.5 Å². The lowest BCUT2D eigenvalue weighted by Gasteiger charge is -1.99. The second kappa shape index (κ2) is 6.29. The molecule has 0 spiro atoms. The van der Waals surface area contributed by atoms with Crippen LogP contribution in [0.15, 0.2) is 58.8 Å². The van der Waals surface area contributed by atoms with Gasteiger partial charge in [-0.15, -0.1) is 10.2 Å². The number of benzene rings is 1. The lowest BCUT2D eigenvalue weighted by molar-refractivity contribution is 0.466. The highest BCUT2D eigenvalue weighted by atomic mass is 32.2. The van der Waals surface area contributed by atoms with E-state index in [1.165, 1.54) is 0 Å². The van der Waals surface area contributed by atoms with Gasteiger partial charge >= 0.3 is 0 Å². The van der Waals surface area contributed by atoms with Crippen molar-refractivity contribution in [3.8, 4) is 11.5 Å². The number of imidazole rings is 1. The molecule has 0 atom stereocenters. The van der Waals surface area contributed by atoms with Crippen LogP contribution in [0, 0.1) is 0 Å². The Kier molecular flexibility index (Phi) is 3.85. The molecule has 4 aromatic rings. The predicted octanol–water partition coefficient (Wildman–Crippen LogP) is 3.60. The maximum absolute atomic E-state index is 5.78. The van der Waals surface area contributed by atoms with Gasteiger partial charge in [0.1, 0.15) is 0 Å². The van der Waals surface area contributed by atoms with Crippen molar-refractivity contribution in [1.29, 1.82) is 0 Å². The fraction of sp³-hybridized carbons (Fsp3) is 0.188. The molecule has 0 aliphatic heterocycles. The van der Waals surface area contributed by atoms with Gasteiger partial charge in [-0.2, -0.15) is 0 Å². The summed E-state index contributed by atoms with van der Waals surface area (Å²) in [5.74, 6) is 1.48. The first-order chi connectivity index (χ1) is 11.4. The van der Waals surface area contributed by atoms with E-state index < -0.39 is 0 Å². The van der Waals surface area contributed by atoms with E-state index in [1.807, 2.05) is 43.0 Å². The van der Waals surface area contributed by atoms with Crippen LogP contribution in [-0.4, -0.2) is 30.5 Å². The molecule has 0 saturated carbocycles. The van der Waals surface area contributed by atoms with Crippen molar-refractivity contribution in [2.24, 2.45) is 0 Å². The Labute approximate surface area is 136 Å². The minimum atomic E-state index is 0.555. The molecule has 0 bridgehead atoms. The first kappa shape index (κ1) is 14.1. The second-order valence-corrected chi connectivity index (χ2v) is 6.17. The van der Waals surface area contributed by atoms with Crippen molar-refractivity contribution in [2.45, 2.75) is 18.2 Å². The van der Waals surface area contributed by atoms with Gasteiger partial charge in [0.05, 0.1) is 11.9 Å². The van der Waals surface area contributed by atoms with Crippen LogP contribution >= 0.6 is 11.8 Å². The maximum Gasteiger partial charge on any atom is 0.276 e. The van der Waals surface area contributed by atoms with E-state index >= 15 is 0 Å². The fourth-order valence-corrected chi connectivity index (χ4v) is 3.14. The van der Waals surface area contributed by atoms with Crippen LogP contribution in [0.1, 0.15) is 6.42 Å². The number of aromatic amines is 1. The predicted molar refractivity (Wildman–Crippen MR) is 89.2 cm³/mol. The first-order valence-corrected chi connectivity index (χ1v) is 8.37. The van der Waals surface area contributed by atoms with Crippen LogP contribution in [0.4, 0.5) is 0 Å². The number of aryl methyl sites for hydroxylation is 1. The van der Waals surface area contributed by atoms with Gasteiger partial charge in [0, 0.05) is 41.8 Å². The number of thioether (sulfide) groups is 1. The SMILES string of the molecule is c1ccc2c(-c3nnc(SCCCn4ccnc4)o3)c[nH]c2c1. The number of H-pyrrole nitrogens is 1. The van der Waals surface area contributed by atoms with E-state index in [-0.39, 0.29) is 0 Å². The lowest BCUT2D eigenvalue weighted by Crippen LogP contribution is -1.95. The highest BCUT2D eigenvalue weighted by molar-refractivity contribution is 7.99. The summed E-state index contributed by atoms with van der Waals surface area (Å²) in [6.45, 7) is 0.941. The smallest absolute Gasteiger partial charge is 0.276 e. The third kappa shape index (κ3) is 3.00. The molecule has 7 heteroatoms. The Balaban J connectivity index is 1.40. The number of hydrogen-bond donors (Lipinski definition) is 1. The molecule has 3 heterocycles. The number of aromatic nitrogens is 5. The summed E-state index contributed by atoms with van der Waals surface area (Å²) in [7, 11) is 0. The Morgan fingerprint density at radius 3 is 3.09 bits per heavy atom. The van der Waals surface area contributed by atoms with E-state index in [1.54, 1.807) is 18.0 Å². The van der Waals surface area contributed by atoms with E-state index in [0.29, 0.717) is 11.1 Å². The van der Waals surface area contributed by atoms with Crippen molar-refractivity contribution in [2.75, 3.05) is 5.75 Å². The minimum absolute atomic E-state index is 0.555. The van der Waals surface area contributed by atoms with Crippen LogP contribution in [0.3, 0.4) is 0 Å². The molecule has 0 amide bonds. The molecule has 0 fully saturated rings. The van der Waals surface area contributed by atoms with E-state index in [2.05, 4.69) is 24.7 Å². The van der Waals surface area contributed by atoms with Gasteiger partial charge in [0.25, 0.3) is 11.1 Å². The van der Waals surface area contributed by atoms with Crippen molar-refractivity contribution < 1.29 is 4.42 Å². The molecule has 0 aliphatic rings. The first-order valence-electron chi connectivity index (χ1n) is 7.39. The van der Waals surface area contributed by atoms with Crippen LogP contribution in [0.2, 0.25) is 0 Å². The summed E-state index contributed by atoms with van der Waals surface area (Å²) < 4.78 is 7.84. The van der Waals surface area contributed by atoms with Crippen molar-refractivity contribution in [3.05, 3.63) is 49.2 Å². The summed E-state index contributed by atoms with van der Waals surface area (Å²) in [5.41, 5.74) is 2.01. The largest absolute Gasteiger partial charge is 0.411 e. The van der Waals surface area contributed by atoms with Crippen LogP contribution in [0.25, 0.3) is 22.4 Å². The van der Waals surface area contributed by atoms with Crippen molar-refractivity contribution >= 4 is 22.7 Å². The minimum Gasteiger partial charge on any atom is -0.411 e. The normalized spacial score (nSPS) is 11.3. The Bertz CT molecular complexity index is 896. The van der Waals surface area contributed by atoms with Gasteiger partial charge in [-0.05, 0) is 12.5 Å². The molecule has 116 valence electrons. The lowest BCUT2D eigenvalue weighted by atomic mass is 10.2. The highest BCUT2D eigenvalue weighted by Gasteiger charge is 2.13. The van der Waals surface area contributed by atoms with Gasteiger partial charge in [-0.25, -0.2) is 4.98 Å². The van der Waals surface area contributed by atoms with Gasteiger partial charge in [-0.3, -0.25) is 0 Å². The average Bonchev–Trinajstić information content (AvgIpc) is 3.31. The number of rotatable bonds is 6. The molecule has 1 aromatic carbocycles. The summed E-state index contributed by atoms with van der Waals surface area (Å²) >= 11 is 1.58. The average molecular weight is 325 g/mol. The third-order valence-electron chi connectivity index (χ3n) is 3.57. The molecule has 0 radical (unpaired) electrons. The molecule has 0 unspecified atom stereocenters. The Hall–Kier alpha value is -2.54. The quantitative estimate of drug-likeness (QED) is 0.433. The number of hydrogen-bond acceptors (Lipinski definition) is 5. The molecule has 1 N–H and O–H groups in total.